The topological polar surface area (TPSA) is 86.8 Å². The molecule has 156 valence electrons. The van der Waals surface area contributed by atoms with Crippen LogP contribution in [0, 0.1) is 5.41 Å². The van der Waals surface area contributed by atoms with E-state index in [2.05, 4.69) is 35.9 Å². The molecule has 5 nitrogen and oxygen atoms in total. The van der Waals surface area contributed by atoms with Gasteiger partial charge in [0.2, 0.25) is 0 Å². The lowest BCUT2D eigenvalue weighted by Gasteiger charge is -2.15. The summed E-state index contributed by atoms with van der Waals surface area (Å²) in [5.41, 5.74) is 14.8. The molecule has 2 aromatic rings. The Labute approximate surface area is 179 Å². The number of rotatable bonds is 10. The summed E-state index contributed by atoms with van der Waals surface area (Å²) in [5.74, 6) is 0.465. The fourth-order valence-electron chi connectivity index (χ4n) is 3.19. The number of hydrogen-bond donors (Lipinski definition) is 4. The molecule has 1 aliphatic rings. The molecule has 0 radical (unpaired) electrons. The maximum absolute atomic E-state index is 8.68. The average Bonchev–Trinajstić information content (AvgIpc) is 3.59. The zero-order chi connectivity index (χ0) is 21.5. The van der Waals surface area contributed by atoms with E-state index in [1.165, 1.54) is 12.8 Å². The van der Waals surface area contributed by atoms with Crippen LogP contribution in [0.1, 0.15) is 56.4 Å². The van der Waals surface area contributed by atoms with Gasteiger partial charge in [-0.3, -0.25) is 10.4 Å². The van der Waals surface area contributed by atoms with Crippen LogP contribution in [0.25, 0.3) is 5.70 Å². The van der Waals surface area contributed by atoms with Crippen molar-refractivity contribution in [2.24, 2.45) is 5.73 Å². The molecule has 30 heavy (non-hydrogen) atoms. The highest BCUT2D eigenvalue weighted by molar-refractivity contribution is 6.10. The molecule has 1 aromatic heterocycles. The lowest BCUT2D eigenvalue weighted by atomic mass is 9.98. The van der Waals surface area contributed by atoms with Gasteiger partial charge in [-0.1, -0.05) is 38.1 Å². The van der Waals surface area contributed by atoms with E-state index < -0.39 is 0 Å². The van der Waals surface area contributed by atoms with Gasteiger partial charge in [0, 0.05) is 29.1 Å². The van der Waals surface area contributed by atoms with Crippen molar-refractivity contribution in [2.45, 2.75) is 52.0 Å². The van der Waals surface area contributed by atoms with Crippen LogP contribution in [0.15, 0.2) is 66.3 Å². The number of nitrogens with two attached hydrogens (primary N) is 1. The van der Waals surface area contributed by atoms with Gasteiger partial charge in [-0.05, 0) is 56.4 Å². The van der Waals surface area contributed by atoms with Gasteiger partial charge in [0.05, 0.1) is 11.4 Å². The Hall–Kier alpha value is -3.30. The number of nitrogens with zero attached hydrogens (tertiary/aromatic N) is 1. The number of unbranched alkanes of at least 4 members (excludes halogenated alkanes) is 1. The second-order valence-corrected chi connectivity index (χ2v) is 7.71. The van der Waals surface area contributed by atoms with E-state index in [0.29, 0.717) is 23.1 Å². The lowest BCUT2D eigenvalue weighted by Crippen LogP contribution is -2.18. The maximum Gasteiger partial charge on any atom is 0.106 e. The Kier molecular flexibility index (Phi) is 7.10. The summed E-state index contributed by atoms with van der Waals surface area (Å²) in [5, 5.41) is 15.3. The number of aromatic nitrogens is 1. The molecule has 1 fully saturated rings. The molecule has 5 N–H and O–H groups in total. The summed E-state index contributed by atoms with van der Waals surface area (Å²) in [6.45, 7) is 7.88. The first kappa shape index (κ1) is 21.4. The van der Waals surface area contributed by atoms with Gasteiger partial charge in [0.1, 0.15) is 11.5 Å². The molecule has 3 rings (SSSR count). The van der Waals surface area contributed by atoms with E-state index in [4.69, 9.17) is 16.1 Å². The van der Waals surface area contributed by atoms with Crippen LogP contribution >= 0.6 is 0 Å². The minimum absolute atomic E-state index is 0.368. The number of hydrogen-bond acceptors (Lipinski definition) is 5. The van der Waals surface area contributed by atoms with E-state index >= 15 is 0 Å². The number of benzene rings is 1. The predicted octanol–water partition coefficient (Wildman–Crippen LogP) is 4.97. The largest absolute Gasteiger partial charge is 0.385 e. The van der Waals surface area contributed by atoms with E-state index in [0.717, 1.165) is 47.5 Å². The summed E-state index contributed by atoms with van der Waals surface area (Å²) in [6, 6.07) is 12.3. The van der Waals surface area contributed by atoms with Crippen LogP contribution in [0.4, 0.5) is 5.69 Å². The molecule has 0 unspecified atom stereocenters. The van der Waals surface area contributed by atoms with Crippen molar-refractivity contribution in [3.8, 4) is 0 Å². The number of anilines is 1. The van der Waals surface area contributed by atoms with Gasteiger partial charge in [-0.25, -0.2) is 0 Å². The molecule has 0 spiro atoms. The lowest BCUT2D eigenvalue weighted by molar-refractivity contribution is 0.785. The molecule has 0 atom stereocenters. The third-order valence-corrected chi connectivity index (χ3v) is 5.23. The van der Waals surface area contributed by atoms with Crippen LogP contribution in [-0.2, 0) is 6.42 Å². The van der Waals surface area contributed by atoms with Crippen molar-refractivity contribution in [1.82, 2.24) is 10.3 Å². The van der Waals surface area contributed by atoms with Gasteiger partial charge >= 0.3 is 0 Å². The van der Waals surface area contributed by atoms with Gasteiger partial charge < -0.3 is 16.4 Å². The maximum atomic E-state index is 8.68. The highest BCUT2D eigenvalue weighted by atomic mass is 15.0. The Morgan fingerprint density at radius 2 is 2.03 bits per heavy atom. The highest BCUT2D eigenvalue weighted by Crippen LogP contribution is 2.25. The normalized spacial score (nSPS) is 13.8. The molecule has 0 bridgehead atoms. The molecule has 0 amide bonds. The second kappa shape index (κ2) is 9.95. The predicted molar refractivity (Wildman–Crippen MR) is 125 cm³/mol. The van der Waals surface area contributed by atoms with Crippen LogP contribution in [0.3, 0.4) is 0 Å². The van der Waals surface area contributed by atoms with E-state index in [1.54, 1.807) is 6.20 Å². The van der Waals surface area contributed by atoms with Crippen molar-refractivity contribution in [2.75, 3.05) is 5.32 Å². The molecule has 0 aliphatic heterocycles. The fraction of sp³-hybridized carbons (Fsp3) is 0.320. The van der Waals surface area contributed by atoms with Crippen LogP contribution in [0.5, 0.6) is 0 Å². The SMILES string of the molecule is C=C=C(NC1CC1)c1ncc(C(=N)/C(C)=C(/N)Nc2ccccc2)cc1CCCC. The first-order valence-corrected chi connectivity index (χ1v) is 10.6. The molecule has 1 aliphatic carbocycles. The molecular weight excluding hydrogens is 370 g/mol. The molecular formula is C25H31N5. The van der Waals surface area contributed by atoms with Crippen molar-refractivity contribution in [3.05, 3.63) is 83.1 Å². The first-order chi connectivity index (χ1) is 14.5. The number of allylic oxidation sites excluding steroid dienone is 1. The Bertz CT molecular complexity index is 980. The molecule has 1 heterocycles. The average molecular weight is 402 g/mol. The highest BCUT2D eigenvalue weighted by Gasteiger charge is 2.23. The van der Waals surface area contributed by atoms with Crippen molar-refractivity contribution in [1.29, 1.82) is 5.41 Å². The Morgan fingerprint density at radius 1 is 1.30 bits per heavy atom. The molecule has 1 saturated carbocycles. The monoisotopic (exact) mass is 401 g/mol. The Morgan fingerprint density at radius 3 is 2.67 bits per heavy atom. The summed E-state index contributed by atoms with van der Waals surface area (Å²) in [4.78, 5) is 4.70. The fourth-order valence-corrected chi connectivity index (χ4v) is 3.19. The van der Waals surface area contributed by atoms with Crippen LogP contribution < -0.4 is 16.4 Å². The third-order valence-electron chi connectivity index (χ3n) is 5.23. The number of pyridine rings is 1. The standard InChI is InChI=1S/C25H31N5/c1-4-6-10-18-15-19(16-28-24(18)22(5-2)29-21-13-14-21)23(26)17(3)25(27)30-20-11-8-7-9-12-20/h7-9,11-12,15-16,21,26,29-30H,2,4,6,10,13-14,27H2,1,3H3/b25-17-,26-23?. The number of para-hydroxylation sites is 1. The third kappa shape index (κ3) is 5.40. The van der Waals surface area contributed by atoms with Crippen LogP contribution in [0.2, 0.25) is 0 Å². The van der Waals surface area contributed by atoms with Gasteiger partial charge in [0.25, 0.3) is 0 Å². The number of aryl methyl sites for hydroxylation is 1. The van der Waals surface area contributed by atoms with Gasteiger partial charge in [0.15, 0.2) is 0 Å². The van der Waals surface area contributed by atoms with Crippen molar-refractivity contribution < 1.29 is 0 Å². The smallest absolute Gasteiger partial charge is 0.106 e. The van der Waals surface area contributed by atoms with Crippen molar-refractivity contribution in [3.63, 3.8) is 0 Å². The summed E-state index contributed by atoms with van der Waals surface area (Å²) >= 11 is 0. The van der Waals surface area contributed by atoms with Gasteiger partial charge in [-0.15, -0.1) is 5.73 Å². The summed E-state index contributed by atoms with van der Waals surface area (Å²) in [7, 11) is 0. The minimum atomic E-state index is 0.368. The molecule has 5 heteroatoms. The summed E-state index contributed by atoms with van der Waals surface area (Å²) in [6.07, 6.45) is 7.16. The first-order valence-electron chi connectivity index (χ1n) is 10.6. The van der Waals surface area contributed by atoms with E-state index in [1.807, 2.05) is 37.3 Å². The molecule has 1 aromatic carbocycles. The zero-order valence-electron chi connectivity index (χ0n) is 17.9. The molecule has 0 saturated heterocycles. The van der Waals surface area contributed by atoms with Crippen LogP contribution in [-0.4, -0.2) is 16.7 Å². The minimum Gasteiger partial charge on any atom is -0.385 e. The quantitative estimate of drug-likeness (QED) is 0.334. The zero-order valence-corrected chi connectivity index (χ0v) is 17.9. The van der Waals surface area contributed by atoms with Crippen molar-refractivity contribution >= 4 is 17.1 Å². The summed E-state index contributed by atoms with van der Waals surface area (Å²) < 4.78 is 0. The number of nitrogens with one attached hydrogen (secondary N) is 3. The van der Waals surface area contributed by atoms with E-state index in [-0.39, 0.29) is 0 Å². The Balaban J connectivity index is 1.87. The van der Waals surface area contributed by atoms with E-state index in [9.17, 15) is 0 Å². The van der Waals surface area contributed by atoms with Gasteiger partial charge in [-0.2, -0.15) is 0 Å². The second-order valence-electron chi connectivity index (χ2n) is 7.71.